The Morgan fingerprint density at radius 2 is 2.00 bits per heavy atom. The van der Waals surface area contributed by atoms with Gasteiger partial charge in [0.05, 0.1) is 24.9 Å². The highest BCUT2D eigenvalue weighted by Crippen LogP contribution is 2.31. The zero-order valence-corrected chi connectivity index (χ0v) is 11.9. The molecule has 3 atom stereocenters. The third-order valence-electron chi connectivity index (χ3n) is 3.49. The Hall–Kier alpha value is -1.10. The Balaban J connectivity index is 2.06. The van der Waals surface area contributed by atoms with Crippen LogP contribution in [0.25, 0.3) is 0 Å². The van der Waals surface area contributed by atoms with E-state index < -0.39 is 0 Å². The molecule has 0 amide bonds. The molecule has 0 aliphatic carbocycles. The Kier molecular flexibility index (Phi) is 4.80. The van der Waals surface area contributed by atoms with E-state index in [-0.39, 0.29) is 12.1 Å². The minimum Gasteiger partial charge on any atom is -0.491 e. The minimum atomic E-state index is 0.137. The van der Waals surface area contributed by atoms with Crippen LogP contribution in [0.2, 0.25) is 0 Å². The van der Waals surface area contributed by atoms with Gasteiger partial charge in [-0.2, -0.15) is 0 Å². The number of hydrazine groups is 1. The molecule has 0 bridgehead atoms. The van der Waals surface area contributed by atoms with Crippen molar-refractivity contribution in [2.75, 3.05) is 6.61 Å². The first-order valence-electron chi connectivity index (χ1n) is 6.94. The fourth-order valence-electron chi connectivity index (χ4n) is 2.61. The topological polar surface area (TPSA) is 56.5 Å². The van der Waals surface area contributed by atoms with Gasteiger partial charge in [-0.15, -0.1) is 0 Å². The van der Waals surface area contributed by atoms with Crippen molar-refractivity contribution in [1.29, 1.82) is 0 Å². The van der Waals surface area contributed by atoms with E-state index in [1.807, 2.05) is 26.0 Å². The van der Waals surface area contributed by atoms with Crippen LogP contribution in [0, 0.1) is 5.92 Å². The van der Waals surface area contributed by atoms with Gasteiger partial charge in [-0.3, -0.25) is 11.3 Å². The second-order valence-electron chi connectivity index (χ2n) is 5.52. The van der Waals surface area contributed by atoms with Crippen molar-refractivity contribution in [2.24, 2.45) is 11.8 Å². The van der Waals surface area contributed by atoms with Gasteiger partial charge in [-0.1, -0.05) is 12.1 Å². The summed E-state index contributed by atoms with van der Waals surface area (Å²) >= 11 is 0. The van der Waals surface area contributed by atoms with E-state index in [4.69, 9.17) is 15.3 Å². The normalized spacial score (nSPS) is 24.7. The van der Waals surface area contributed by atoms with Crippen LogP contribution in [0.4, 0.5) is 0 Å². The van der Waals surface area contributed by atoms with E-state index in [1.165, 1.54) is 5.56 Å². The summed E-state index contributed by atoms with van der Waals surface area (Å²) in [5, 5.41) is 0. The zero-order valence-electron chi connectivity index (χ0n) is 11.9. The van der Waals surface area contributed by atoms with E-state index in [9.17, 15) is 0 Å². The van der Waals surface area contributed by atoms with Gasteiger partial charge < -0.3 is 9.47 Å². The lowest BCUT2D eigenvalue weighted by molar-refractivity contribution is 0.117. The molecule has 4 heteroatoms. The molecule has 1 aromatic rings. The summed E-state index contributed by atoms with van der Waals surface area (Å²) in [7, 11) is 0. The maximum absolute atomic E-state index is 5.71. The molecule has 19 heavy (non-hydrogen) atoms. The molecule has 1 fully saturated rings. The summed E-state index contributed by atoms with van der Waals surface area (Å²) in [5.41, 5.74) is 4.10. The Labute approximate surface area is 115 Å². The van der Waals surface area contributed by atoms with E-state index in [0.29, 0.717) is 12.0 Å². The summed E-state index contributed by atoms with van der Waals surface area (Å²) in [4.78, 5) is 0. The van der Waals surface area contributed by atoms with Crippen LogP contribution in [0.5, 0.6) is 5.75 Å². The molecular weight excluding hydrogens is 240 g/mol. The third kappa shape index (κ3) is 3.69. The summed E-state index contributed by atoms with van der Waals surface area (Å²) in [6.07, 6.45) is 1.56. The minimum absolute atomic E-state index is 0.137. The van der Waals surface area contributed by atoms with E-state index in [0.717, 1.165) is 18.8 Å². The summed E-state index contributed by atoms with van der Waals surface area (Å²) < 4.78 is 11.3. The van der Waals surface area contributed by atoms with Crippen molar-refractivity contribution in [1.82, 2.24) is 5.43 Å². The molecule has 0 aromatic heterocycles. The fourth-order valence-corrected chi connectivity index (χ4v) is 2.61. The summed E-state index contributed by atoms with van der Waals surface area (Å²) in [6, 6.07) is 8.28. The standard InChI is InChI=1S/C15H24N2O2/c1-10(2)19-14-6-4-12(5-7-14)15(17-16)13-8-11(3)18-9-13/h4-7,10-11,13,15,17H,8-9,16H2,1-3H3. The largest absolute Gasteiger partial charge is 0.491 e. The zero-order chi connectivity index (χ0) is 13.8. The molecule has 2 rings (SSSR count). The van der Waals surface area contributed by atoms with Gasteiger partial charge in [0.25, 0.3) is 0 Å². The van der Waals surface area contributed by atoms with Crippen LogP contribution in [-0.4, -0.2) is 18.8 Å². The molecule has 3 N–H and O–H groups in total. The molecule has 1 heterocycles. The van der Waals surface area contributed by atoms with Gasteiger partial charge in [-0.05, 0) is 44.9 Å². The Morgan fingerprint density at radius 3 is 2.47 bits per heavy atom. The van der Waals surface area contributed by atoms with Crippen LogP contribution >= 0.6 is 0 Å². The van der Waals surface area contributed by atoms with Gasteiger partial charge in [0, 0.05) is 5.92 Å². The van der Waals surface area contributed by atoms with E-state index >= 15 is 0 Å². The molecule has 0 spiro atoms. The van der Waals surface area contributed by atoms with Gasteiger partial charge in [0.2, 0.25) is 0 Å². The number of benzene rings is 1. The van der Waals surface area contributed by atoms with Crippen molar-refractivity contribution in [2.45, 2.75) is 45.4 Å². The molecule has 1 aliphatic rings. The Bertz CT molecular complexity index is 392. The van der Waals surface area contributed by atoms with Crippen LogP contribution in [0.1, 0.15) is 38.8 Å². The van der Waals surface area contributed by atoms with Crippen molar-refractivity contribution in [3.63, 3.8) is 0 Å². The predicted octanol–water partition coefficient (Wildman–Crippen LogP) is 2.40. The lowest BCUT2D eigenvalue weighted by Gasteiger charge is -2.22. The predicted molar refractivity (Wildman–Crippen MR) is 75.8 cm³/mol. The monoisotopic (exact) mass is 264 g/mol. The highest BCUT2D eigenvalue weighted by molar-refractivity contribution is 5.29. The highest BCUT2D eigenvalue weighted by atomic mass is 16.5. The Morgan fingerprint density at radius 1 is 1.32 bits per heavy atom. The quantitative estimate of drug-likeness (QED) is 0.633. The molecule has 4 nitrogen and oxygen atoms in total. The molecule has 106 valence electrons. The highest BCUT2D eigenvalue weighted by Gasteiger charge is 2.29. The number of rotatable bonds is 5. The van der Waals surface area contributed by atoms with Gasteiger partial charge >= 0.3 is 0 Å². The van der Waals surface area contributed by atoms with Crippen molar-refractivity contribution >= 4 is 0 Å². The fraction of sp³-hybridized carbons (Fsp3) is 0.600. The molecule has 1 aromatic carbocycles. The number of hydrogen-bond donors (Lipinski definition) is 2. The lowest BCUT2D eigenvalue weighted by Crippen LogP contribution is -2.33. The SMILES string of the molecule is CC(C)Oc1ccc(C(NN)C2COC(C)C2)cc1. The van der Waals surface area contributed by atoms with Crippen molar-refractivity contribution in [3.8, 4) is 5.75 Å². The maximum atomic E-state index is 5.71. The van der Waals surface area contributed by atoms with Crippen molar-refractivity contribution < 1.29 is 9.47 Å². The van der Waals surface area contributed by atoms with Crippen LogP contribution in [0.3, 0.4) is 0 Å². The number of nitrogens with one attached hydrogen (secondary N) is 1. The number of ether oxygens (including phenoxy) is 2. The molecule has 3 unspecified atom stereocenters. The van der Waals surface area contributed by atoms with Gasteiger partial charge in [0.15, 0.2) is 0 Å². The first kappa shape index (κ1) is 14.3. The second kappa shape index (κ2) is 6.37. The van der Waals surface area contributed by atoms with E-state index in [1.54, 1.807) is 0 Å². The smallest absolute Gasteiger partial charge is 0.119 e. The summed E-state index contributed by atoms with van der Waals surface area (Å²) in [6.45, 7) is 6.91. The third-order valence-corrected chi connectivity index (χ3v) is 3.49. The van der Waals surface area contributed by atoms with Crippen LogP contribution < -0.4 is 16.0 Å². The van der Waals surface area contributed by atoms with Gasteiger partial charge in [-0.25, -0.2) is 0 Å². The first-order valence-corrected chi connectivity index (χ1v) is 6.94. The van der Waals surface area contributed by atoms with E-state index in [2.05, 4.69) is 24.5 Å². The summed E-state index contributed by atoms with van der Waals surface area (Å²) in [5.74, 6) is 7.03. The second-order valence-corrected chi connectivity index (χ2v) is 5.52. The van der Waals surface area contributed by atoms with Crippen LogP contribution in [-0.2, 0) is 4.74 Å². The van der Waals surface area contributed by atoms with Crippen molar-refractivity contribution in [3.05, 3.63) is 29.8 Å². The van der Waals surface area contributed by atoms with Crippen LogP contribution in [0.15, 0.2) is 24.3 Å². The molecule has 1 saturated heterocycles. The molecular formula is C15H24N2O2. The average Bonchev–Trinajstić information content (AvgIpc) is 2.78. The lowest BCUT2D eigenvalue weighted by atomic mass is 9.91. The van der Waals surface area contributed by atoms with Gasteiger partial charge in [0.1, 0.15) is 5.75 Å². The average molecular weight is 264 g/mol. The number of hydrogen-bond acceptors (Lipinski definition) is 4. The number of nitrogens with two attached hydrogens (primary N) is 1. The molecule has 0 saturated carbocycles. The maximum Gasteiger partial charge on any atom is 0.119 e. The first-order chi connectivity index (χ1) is 9.10. The molecule has 1 aliphatic heterocycles. The molecule has 0 radical (unpaired) electrons.